The van der Waals surface area contributed by atoms with E-state index in [-0.39, 0.29) is 11.1 Å². The summed E-state index contributed by atoms with van der Waals surface area (Å²) in [5.74, 6) is -1.84. The third-order valence-electron chi connectivity index (χ3n) is 3.26. The Kier molecular flexibility index (Phi) is 3.75. The highest BCUT2D eigenvalue weighted by Gasteiger charge is 2.19. The van der Waals surface area contributed by atoms with Gasteiger partial charge in [0, 0.05) is 16.1 Å². The number of aromatic nitrogens is 1. The lowest BCUT2D eigenvalue weighted by atomic mass is 10.1. The van der Waals surface area contributed by atoms with Gasteiger partial charge in [0.2, 0.25) is 0 Å². The Balaban J connectivity index is 2.07. The van der Waals surface area contributed by atoms with Gasteiger partial charge in [-0.15, -0.1) is 0 Å². The molecule has 3 rings (SSSR count). The predicted molar refractivity (Wildman–Crippen MR) is 85.6 cm³/mol. The molecular weight excluding hydrogens is 323 g/mol. The lowest BCUT2D eigenvalue weighted by molar-refractivity contribution is 0.102. The Bertz CT molecular complexity index is 985. The molecule has 1 amide bonds. The molecule has 3 aromatic rings. The molecule has 1 heterocycles. The van der Waals surface area contributed by atoms with E-state index in [2.05, 4.69) is 10.3 Å². The number of carbonyl (C=O) groups is 1. The van der Waals surface area contributed by atoms with Gasteiger partial charge in [-0.2, -0.15) is 0 Å². The summed E-state index contributed by atoms with van der Waals surface area (Å²) >= 11 is 5.83. The minimum atomic E-state index is -0.841. The number of fused-ring (bicyclic) bond motifs is 1. The standard InChI is InChI=1S/C16H10ClFN2O3/c17-8-4-5-11-12(6-8)20-16(23)13(14(11)21)15(22)19-10-3-1-2-9(18)7-10/h1-7H,(H,19,22)(H2,20,21,23). The van der Waals surface area contributed by atoms with Gasteiger partial charge < -0.3 is 15.4 Å². The molecule has 0 saturated heterocycles. The van der Waals surface area contributed by atoms with Crippen molar-refractivity contribution in [3.05, 3.63) is 69.2 Å². The van der Waals surface area contributed by atoms with Gasteiger partial charge in [0.15, 0.2) is 0 Å². The SMILES string of the molecule is O=C(Nc1cccc(F)c1)c1c(O)c2ccc(Cl)cc2[nH]c1=O. The predicted octanol–water partition coefficient (Wildman–Crippen LogP) is 3.28. The number of halogens is 2. The maximum atomic E-state index is 13.1. The van der Waals surface area contributed by atoms with Crippen LogP contribution in [0.3, 0.4) is 0 Å². The van der Waals surface area contributed by atoms with Crippen LogP contribution in [0.1, 0.15) is 10.4 Å². The molecule has 0 unspecified atom stereocenters. The summed E-state index contributed by atoms with van der Waals surface area (Å²) in [5, 5.41) is 13.3. The van der Waals surface area contributed by atoms with Gasteiger partial charge in [0.1, 0.15) is 17.1 Å². The highest BCUT2D eigenvalue weighted by Crippen LogP contribution is 2.27. The van der Waals surface area contributed by atoms with Crippen molar-refractivity contribution in [2.24, 2.45) is 0 Å². The number of hydrogen-bond donors (Lipinski definition) is 3. The van der Waals surface area contributed by atoms with Crippen LogP contribution in [0.2, 0.25) is 5.02 Å². The van der Waals surface area contributed by atoms with Gasteiger partial charge in [-0.1, -0.05) is 17.7 Å². The third kappa shape index (κ3) is 2.89. The lowest BCUT2D eigenvalue weighted by Crippen LogP contribution is -2.23. The summed E-state index contributed by atoms with van der Waals surface area (Å²) in [6, 6.07) is 9.68. The summed E-state index contributed by atoms with van der Waals surface area (Å²) in [5.41, 5.74) is -0.748. The number of rotatable bonds is 2. The number of hydrogen-bond acceptors (Lipinski definition) is 3. The fourth-order valence-corrected chi connectivity index (χ4v) is 2.40. The molecule has 0 bridgehead atoms. The zero-order chi connectivity index (χ0) is 16.6. The monoisotopic (exact) mass is 332 g/mol. The molecule has 0 aliphatic heterocycles. The number of amides is 1. The molecule has 3 N–H and O–H groups in total. The minimum absolute atomic E-state index is 0.171. The van der Waals surface area contributed by atoms with E-state index in [4.69, 9.17) is 11.6 Å². The Morgan fingerprint density at radius 2 is 2.00 bits per heavy atom. The van der Waals surface area contributed by atoms with Crippen LogP contribution in [-0.2, 0) is 0 Å². The second kappa shape index (κ2) is 5.73. The average Bonchev–Trinajstić information content (AvgIpc) is 2.46. The quantitative estimate of drug-likeness (QED) is 0.673. The van der Waals surface area contributed by atoms with Crippen molar-refractivity contribution in [2.75, 3.05) is 5.32 Å². The summed E-state index contributed by atoms with van der Waals surface area (Å²) in [4.78, 5) is 26.8. The Hall–Kier alpha value is -2.86. The molecule has 7 heteroatoms. The van der Waals surface area contributed by atoms with Crippen molar-refractivity contribution < 1.29 is 14.3 Å². The fraction of sp³-hybridized carbons (Fsp3) is 0. The van der Waals surface area contributed by atoms with E-state index in [1.165, 1.54) is 36.4 Å². The largest absolute Gasteiger partial charge is 0.506 e. The number of anilines is 1. The average molecular weight is 333 g/mol. The number of aromatic amines is 1. The van der Waals surface area contributed by atoms with Crippen molar-refractivity contribution in [2.45, 2.75) is 0 Å². The van der Waals surface area contributed by atoms with Crippen LogP contribution in [0.5, 0.6) is 5.75 Å². The zero-order valence-corrected chi connectivity index (χ0v) is 12.3. The second-order valence-corrected chi connectivity index (χ2v) is 5.27. The van der Waals surface area contributed by atoms with E-state index in [0.29, 0.717) is 10.5 Å². The summed E-state index contributed by atoms with van der Waals surface area (Å²) in [7, 11) is 0. The van der Waals surface area contributed by atoms with Gasteiger partial charge >= 0.3 is 0 Å². The van der Waals surface area contributed by atoms with Crippen molar-refractivity contribution in [1.29, 1.82) is 0 Å². The number of benzene rings is 2. The van der Waals surface area contributed by atoms with Crippen molar-refractivity contribution >= 4 is 34.1 Å². The van der Waals surface area contributed by atoms with Gasteiger partial charge in [0.05, 0.1) is 5.52 Å². The molecule has 0 aliphatic carbocycles. The van der Waals surface area contributed by atoms with Gasteiger partial charge in [-0.05, 0) is 36.4 Å². The molecule has 2 aromatic carbocycles. The fourth-order valence-electron chi connectivity index (χ4n) is 2.22. The van der Waals surface area contributed by atoms with Crippen molar-refractivity contribution in [1.82, 2.24) is 4.98 Å². The van der Waals surface area contributed by atoms with Gasteiger partial charge in [0.25, 0.3) is 11.5 Å². The molecule has 0 radical (unpaired) electrons. The number of pyridine rings is 1. The third-order valence-corrected chi connectivity index (χ3v) is 3.49. The highest BCUT2D eigenvalue weighted by atomic mass is 35.5. The van der Waals surface area contributed by atoms with Crippen LogP contribution in [-0.4, -0.2) is 16.0 Å². The first-order chi connectivity index (χ1) is 11.0. The molecule has 0 atom stereocenters. The maximum absolute atomic E-state index is 13.1. The summed E-state index contributed by atoms with van der Waals surface area (Å²) in [6.45, 7) is 0. The maximum Gasteiger partial charge on any atom is 0.265 e. The molecule has 0 spiro atoms. The summed E-state index contributed by atoms with van der Waals surface area (Å²) < 4.78 is 13.1. The van der Waals surface area contributed by atoms with Crippen molar-refractivity contribution in [3.8, 4) is 5.75 Å². The number of nitrogens with one attached hydrogen (secondary N) is 2. The minimum Gasteiger partial charge on any atom is -0.506 e. The first-order valence-corrected chi connectivity index (χ1v) is 6.95. The molecule has 0 saturated carbocycles. The second-order valence-electron chi connectivity index (χ2n) is 4.83. The first kappa shape index (κ1) is 15.1. The van der Waals surface area contributed by atoms with E-state index < -0.39 is 28.6 Å². The molecule has 116 valence electrons. The molecule has 23 heavy (non-hydrogen) atoms. The number of H-pyrrole nitrogens is 1. The Morgan fingerprint density at radius 1 is 1.22 bits per heavy atom. The normalized spacial score (nSPS) is 10.7. The summed E-state index contributed by atoms with van der Waals surface area (Å²) in [6.07, 6.45) is 0. The van der Waals surface area contributed by atoms with E-state index >= 15 is 0 Å². The van der Waals surface area contributed by atoms with Crippen LogP contribution < -0.4 is 10.9 Å². The topological polar surface area (TPSA) is 82.2 Å². The van der Waals surface area contributed by atoms with E-state index in [9.17, 15) is 19.1 Å². The van der Waals surface area contributed by atoms with Crippen LogP contribution >= 0.6 is 11.6 Å². The van der Waals surface area contributed by atoms with Crippen LogP contribution in [0, 0.1) is 5.82 Å². The van der Waals surface area contributed by atoms with Crippen LogP contribution in [0.4, 0.5) is 10.1 Å². The van der Waals surface area contributed by atoms with Gasteiger partial charge in [-0.25, -0.2) is 4.39 Å². The van der Waals surface area contributed by atoms with Gasteiger partial charge in [-0.3, -0.25) is 9.59 Å². The van der Waals surface area contributed by atoms with E-state index in [1.54, 1.807) is 0 Å². The van der Waals surface area contributed by atoms with E-state index in [0.717, 1.165) is 6.07 Å². The zero-order valence-electron chi connectivity index (χ0n) is 11.6. The first-order valence-electron chi connectivity index (χ1n) is 6.57. The lowest BCUT2D eigenvalue weighted by Gasteiger charge is -2.09. The van der Waals surface area contributed by atoms with E-state index in [1.807, 2.05) is 0 Å². The Morgan fingerprint density at radius 3 is 2.74 bits per heavy atom. The number of aromatic hydroxyl groups is 1. The highest BCUT2D eigenvalue weighted by molar-refractivity contribution is 6.31. The van der Waals surface area contributed by atoms with Crippen LogP contribution in [0.25, 0.3) is 10.9 Å². The number of carbonyl (C=O) groups excluding carboxylic acids is 1. The molecule has 0 fully saturated rings. The van der Waals surface area contributed by atoms with Crippen LogP contribution in [0.15, 0.2) is 47.3 Å². The molecule has 5 nitrogen and oxygen atoms in total. The molecule has 0 aliphatic rings. The molecular formula is C16H10ClFN2O3. The van der Waals surface area contributed by atoms with Crippen molar-refractivity contribution in [3.63, 3.8) is 0 Å². The smallest absolute Gasteiger partial charge is 0.265 e. The molecule has 1 aromatic heterocycles. The Labute approximate surface area is 134 Å².